The Kier molecular flexibility index (Phi) is 2.88. The van der Waals surface area contributed by atoms with Crippen LogP contribution in [0.15, 0.2) is 18.3 Å². The minimum Gasteiger partial charge on any atom is -0.348 e. The first kappa shape index (κ1) is 11.6. The van der Waals surface area contributed by atoms with Crippen molar-refractivity contribution >= 4 is 11.6 Å². The molecule has 0 unspecified atom stereocenters. The Balaban J connectivity index is 2.50. The number of fused-ring (bicyclic) bond motifs is 1. The summed E-state index contributed by atoms with van der Waals surface area (Å²) in [5, 5.41) is 0. The van der Waals surface area contributed by atoms with E-state index >= 15 is 0 Å². The number of pyridine rings is 1. The van der Waals surface area contributed by atoms with E-state index in [1.54, 1.807) is 19.0 Å². The molecule has 2 heterocycles. The lowest BCUT2D eigenvalue weighted by Gasteiger charge is -2.10. The zero-order chi connectivity index (χ0) is 12.6. The second kappa shape index (κ2) is 4.20. The van der Waals surface area contributed by atoms with E-state index < -0.39 is 0 Å². The van der Waals surface area contributed by atoms with Crippen LogP contribution in [0.2, 0.25) is 0 Å². The van der Waals surface area contributed by atoms with Crippen molar-refractivity contribution in [3.05, 3.63) is 35.3 Å². The van der Waals surface area contributed by atoms with E-state index in [9.17, 15) is 4.79 Å². The smallest absolute Gasteiger partial charge is 0.228 e. The first-order valence-electron chi connectivity index (χ1n) is 5.64. The van der Waals surface area contributed by atoms with Gasteiger partial charge in [0.15, 0.2) is 0 Å². The van der Waals surface area contributed by atoms with Gasteiger partial charge < -0.3 is 9.30 Å². The maximum atomic E-state index is 11.8. The number of likely N-dealkylation sites (N-methyl/N-ethyl adjacent to an activating group) is 1. The third-order valence-electron chi connectivity index (χ3n) is 2.96. The monoisotopic (exact) mass is 231 g/mol. The highest BCUT2D eigenvalue weighted by Crippen LogP contribution is 2.16. The summed E-state index contributed by atoms with van der Waals surface area (Å²) in [7, 11) is 3.54. The Hall–Kier alpha value is -1.84. The van der Waals surface area contributed by atoms with Crippen LogP contribution < -0.4 is 0 Å². The minimum absolute atomic E-state index is 0.0939. The van der Waals surface area contributed by atoms with Gasteiger partial charge in [0.1, 0.15) is 5.65 Å². The molecule has 0 spiro atoms. The number of hydrogen-bond donors (Lipinski definition) is 0. The van der Waals surface area contributed by atoms with Gasteiger partial charge >= 0.3 is 0 Å². The van der Waals surface area contributed by atoms with Gasteiger partial charge in [-0.1, -0.05) is 6.07 Å². The zero-order valence-corrected chi connectivity index (χ0v) is 10.7. The Morgan fingerprint density at radius 1 is 1.41 bits per heavy atom. The highest BCUT2D eigenvalue weighted by Gasteiger charge is 2.14. The van der Waals surface area contributed by atoms with Crippen LogP contribution in [0.1, 0.15) is 17.0 Å². The molecule has 0 radical (unpaired) electrons. The van der Waals surface area contributed by atoms with Crippen LogP contribution in [0.5, 0.6) is 0 Å². The van der Waals surface area contributed by atoms with Crippen molar-refractivity contribution in [2.24, 2.45) is 0 Å². The van der Waals surface area contributed by atoms with Gasteiger partial charge in [0.2, 0.25) is 5.91 Å². The fourth-order valence-electron chi connectivity index (χ4n) is 1.88. The van der Waals surface area contributed by atoms with E-state index in [1.165, 1.54) is 0 Å². The Labute approximate surface area is 101 Å². The molecule has 4 nitrogen and oxygen atoms in total. The molecule has 90 valence electrons. The SMILES string of the molecule is Cc1nc2c(C)cccn2c1CC(=O)N(C)C. The molecule has 2 aromatic rings. The van der Waals surface area contributed by atoms with Gasteiger partial charge in [0.25, 0.3) is 0 Å². The summed E-state index contributed by atoms with van der Waals surface area (Å²) in [5.74, 6) is 0.0939. The molecule has 2 aromatic heterocycles. The Bertz CT molecular complexity index is 569. The molecule has 0 aliphatic rings. The fraction of sp³-hybridized carbons (Fsp3) is 0.385. The summed E-state index contributed by atoms with van der Waals surface area (Å²) in [4.78, 5) is 17.9. The summed E-state index contributed by atoms with van der Waals surface area (Å²) >= 11 is 0. The first-order chi connectivity index (χ1) is 8.00. The highest BCUT2D eigenvalue weighted by molar-refractivity contribution is 5.78. The van der Waals surface area contributed by atoms with Gasteiger partial charge in [-0.2, -0.15) is 0 Å². The molecule has 0 bridgehead atoms. The number of carbonyl (C=O) groups excluding carboxylic acids is 1. The minimum atomic E-state index is 0.0939. The molecule has 0 saturated carbocycles. The summed E-state index contributed by atoms with van der Waals surface area (Å²) in [5.41, 5.74) is 3.96. The molecular formula is C13H17N3O. The lowest BCUT2D eigenvalue weighted by atomic mass is 10.2. The molecule has 4 heteroatoms. The van der Waals surface area contributed by atoms with Crippen molar-refractivity contribution in [3.63, 3.8) is 0 Å². The number of amides is 1. The third kappa shape index (κ3) is 2.02. The molecule has 0 aliphatic carbocycles. The molecule has 0 aliphatic heterocycles. The Morgan fingerprint density at radius 3 is 2.76 bits per heavy atom. The van der Waals surface area contributed by atoms with Gasteiger partial charge in [0.05, 0.1) is 17.8 Å². The van der Waals surface area contributed by atoms with Crippen molar-refractivity contribution < 1.29 is 4.79 Å². The van der Waals surface area contributed by atoms with E-state index in [0.29, 0.717) is 6.42 Å². The summed E-state index contributed by atoms with van der Waals surface area (Å²) < 4.78 is 2.01. The summed E-state index contributed by atoms with van der Waals surface area (Å²) in [6.45, 7) is 3.98. The van der Waals surface area contributed by atoms with E-state index in [4.69, 9.17) is 0 Å². The zero-order valence-electron chi connectivity index (χ0n) is 10.7. The first-order valence-corrected chi connectivity index (χ1v) is 5.64. The lowest BCUT2D eigenvalue weighted by molar-refractivity contribution is -0.128. The van der Waals surface area contributed by atoms with Crippen LogP contribution in [0, 0.1) is 13.8 Å². The molecule has 0 N–H and O–H groups in total. The predicted octanol–water partition coefficient (Wildman–Crippen LogP) is 1.58. The maximum absolute atomic E-state index is 11.8. The van der Waals surface area contributed by atoms with Gasteiger partial charge in [-0.3, -0.25) is 4.79 Å². The number of hydrogen-bond acceptors (Lipinski definition) is 2. The van der Waals surface area contributed by atoms with E-state index in [1.807, 2.05) is 36.6 Å². The van der Waals surface area contributed by atoms with Gasteiger partial charge in [-0.05, 0) is 25.5 Å². The normalized spacial score (nSPS) is 10.8. The van der Waals surface area contributed by atoms with Crippen molar-refractivity contribution in [2.45, 2.75) is 20.3 Å². The van der Waals surface area contributed by atoms with Crippen LogP contribution >= 0.6 is 0 Å². The molecule has 2 rings (SSSR count). The van der Waals surface area contributed by atoms with Crippen molar-refractivity contribution in [1.29, 1.82) is 0 Å². The topological polar surface area (TPSA) is 37.6 Å². The number of carbonyl (C=O) groups is 1. The van der Waals surface area contributed by atoms with Crippen LogP contribution in [0.25, 0.3) is 5.65 Å². The second-order valence-corrected chi connectivity index (χ2v) is 4.49. The van der Waals surface area contributed by atoms with Crippen molar-refractivity contribution in [2.75, 3.05) is 14.1 Å². The molecule has 0 saturated heterocycles. The number of aryl methyl sites for hydroxylation is 2. The average molecular weight is 231 g/mol. The van der Waals surface area contributed by atoms with Crippen LogP contribution in [-0.4, -0.2) is 34.3 Å². The largest absolute Gasteiger partial charge is 0.348 e. The van der Waals surface area contributed by atoms with Crippen molar-refractivity contribution in [1.82, 2.24) is 14.3 Å². The lowest BCUT2D eigenvalue weighted by Crippen LogP contribution is -2.24. The molecular weight excluding hydrogens is 214 g/mol. The van der Waals surface area contributed by atoms with Crippen molar-refractivity contribution in [3.8, 4) is 0 Å². The number of nitrogens with zero attached hydrogens (tertiary/aromatic N) is 3. The van der Waals surface area contributed by atoms with Gasteiger partial charge in [-0.15, -0.1) is 0 Å². The summed E-state index contributed by atoms with van der Waals surface area (Å²) in [6, 6.07) is 4.01. The van der Waals surface area contributed by atoms with Gasteiger partial charge in [0, 0.05) is 20.3 Å². The number of rotatable bonds is 2. The van der Waals surface area contributed by atoms with E-state index in [-0.39, 0.29) is 5.91 Å². The molecule has 17 heavy (non-hydrogen) atoms. The molecule has 0 atom stereocenters. The standard InChI is InChI=1S/C13H17N3O/c1-9-6-5-7-16-11(8-12(17)15(3)4)10(2)14-13(9)16/h5-7H,8H2,1-4H3. The molecule has 0 aromatic carbocycles. The maximum Gasteiger partial charge on any atom is 0.228 e. The summed E-state index contributed by atoms with van der Waals surface area (Å²) in [6.07, 6.45) is 2.35. The second-order valence-electron chi connectivity index (χ2n) is 4.49. The van der Waals surface area contributed by atoms with E-state index in [2.05, 4.69) is 4.98 Å². The van der Waals surface area contributed by atoms with Crippen LogP contribution in [0.3, 0.4) is 0 Å². The molecule has 0 fully saturated rings. The Morgan fingerprint density at radius 2 is 2.12 bits per heavy atom. The van der Waals surface area contributed by atoms with E-state index in [0.717, 1.165) is 22.6 Å². The molecule has 1 amide bonds. The fourth-order valence-corrected chi connectivity index (χ4v) is 1.88. The number of imidazole rings is 1. The third-order valence-corrected chi connectivity index (χ3v) is 2.96. The van der Waals surface area contributed by atoms with Crippen LogP contribution in [-0.2, 0) is 11.2 Å². The quantitative estimate of drug-likeness (QED) is 0.787. The van der Waals surface area contributed by atoms with Crippen LogP contribution in [0.4, 0.5) is 0 Å². The average Bonchev–Trinajstić information content (AvgIpc) is 2.58. The highest BCUT2D eigenvalue weighted by atomic mass is 16.2. The predicted molar refractivity (Wildman–Crippen MR) is 67.1 cm³/mol. The number of aromatic nitrogens is 2. The van der Waals surface area contributed by atoms with Gasteiger partial charge in [-0.25, -0.2) is 4.98 Å².